The lowest BCUT2D eigenvalue weighted by atomic mass is 10.3. The van der Waals surface area contributed by atoms with Crippen molar-refractivity contribution in [3.8, 4) is 17.3 Å². The number of carbonyl (C=O) groups excluding carboxylic acids is 2. The summed E-state index contributed by atoms with van der Waals surface area (Å²) in [5, 5.41) is 3.78. The molecule has 2 N–H and O–H groups in total. The second-order valence-electron chi connectivity index (χ2n) is 6.36. The van der Waals surface area contributed by atoms with Crippen LogP contribution in [0.5, 0.6) is 5.75 Å². The van der Waals surface area contributed by atoms with Gasteiger partial charge in [-0.3, -0.25) is 20.4 Å². The van der Waals surface area contributed by atoms with Gasteiger partial charge in [0.15, 0.2) is 11.5 Å². The van der Waals surface area contributed by atoms with E-state index in [0.29, 0.717) is 23.1 Å². The summed E-state index contributed by atoms with van der Waals surface area (Å²) in [5.74, 6) is 1.26. The van der Waals surface area contributed by atoms with Crippen molar-refractivity contribution in [2.75, 3.05) is 0 Å². The number of nitrogens with one attached hydrogen (secondary N) is 2. The SMILES string of the molecule is O=C(CCc1nc(-c2ccco2)no1)NNC(=O)c1ccc(COc2ccccc2)o1. The fourth-order valence-corrected chi connectivity index (χ4v) is 2.58. The summed E-state index contributed by atoms with van der Waals surface area (Å²) < 4.78 is 21.3. The molecule has 1 aromatic carbocycles. The minimum Gasteiger partial charge on any atom is -0.486 e. The summed E-state index contributed by atoms with van der Waals surface area (Å²) in [7, 11) is 0. The topological polar surface area (TPSA) is 133 Å². The molecule has 0 saturated heterocycles. The largest absolute Gasteiger partial charge is 0.486 e. The first kappa shape index (κ1) is 20.0. The summed E-state index contributed by atoms with van der Waals surface area (Å²) >= 11 is 0. The van der Waals surface area contributed by atoms with E-state index in [1.54, 1.807) is 18.2 Å². The van der Waals surface area contributed by atoms with Crippen molar-refractivity contribution in [3.63, 3.8) is 0 Å². The molecule has 0 saturated carbocycles. The van der Waals surface area contributed by atoms with E-state index < -0.39 is 11.8 Å². The number of para-hydroxylation sites is 1. The van der Waals surface area contributed by atoms with Gasteiger partial charge in [-0.1, -0.05) is 23.4 Å². The van der Waals surface area contributed by atoms with Crippen molar-refractivity contribution in [1.82, 2.24) is 21.0 Å². The number of hydrazine groups is 1. The Morgan fingerprint density at radius 1 is 1.00 bits per heavy atom. The average Bonchev–Trinajstić information content (AvgIpc) is 3.56. The second kappa shape index (κ2) is 9.44. The van der Waals surface area contributed by atoms with E-state index in [2.05, 4.69) is 21.0 Å². The van der Waals surface area contributed by atoms with Crippen LogP contribution in [0.3, 0.4) is 0 Å². The van der Waals surface area contributed by atoms with E-state index in [9.17, 15) is 9.59 Å². The molecule has 10 heteroatoms. The summed E-state index contributed by atoms with van der Waals surface area (Å²) in [4.78, 5) is 28.2. The maximum Gasteiger partial charge on any atom is 0.305 e. The maximum atomic E-state index is 12.1. The normalized spacial score (nSPS) is 10.6. The van der Waals surface area contributed by atoms with Gasteiger partial charge in [0, 0.05) is 12.8 Å². The highest BCUT2D eigenvalue weighted by molar-refractivity contribution is 5.92. The van der Waals surface area contributed by atoms with Crippen molar-refractivity contribution in [2.45, 2.75) is 19.4 Å². The lowest BCUT2D eigenvalue weighted by Gasteiger charge is -2.05. The van der Waals surface area contributed by atoms with Crippen LogP contribution in [0.1, 0.15) is 28.6 Å². The molecule has 0 spiro atoms. The number of hydrogen-bond acceptors (Lipinski definition) is 8. The maximum absolute atomic E-state index is 12.1. The van der Waals surface area contributed by atoms with Gasteiger partial charge in [0.05, 0.1) is 6.26 Å². The van der Waals surface area contributed by atoms with E-state index in [-0.39, 0.29) is 31.1 Å². The molecule has 0 aliphatic heterocycles. The molecule has 31 heavy (non-hydrogen) atoms. The Morgan fingerprint density at radius 3 is 2.68 bits per heavy atom. The average molecular weight is 422 g/mol. The van der Waals surface area contributed by atoms with Gasteiger partial charge in [0.1, 0.15) is 18.1 Å². The van der Waals surface area contributed by atoms with Gasteiger partial charge in [-0.15, -0.1) is 0 Å². The molecule has 0 unspecified atom stereocenters. The number of ether oxygens (including phenoxy) is 1. The molecule has 0 fully saturated rings. The number of hydrogen-bond donors (Lipinski definition) is 2. The molecule has 0 radical (unpaired) electrons. The number of aromatic nitrogens is 2. The molecular formula is C21H18N4O6. The number of rotatable bonds is 8. The van der Waals surface area contributed by atoms with Crippen LogP contribution in [0.2, 0.25) is 0 Å². The fraction of sp³-hybridized carbons (Fsp3) is 0.143. The zero-order valence-electron chi connectivity index (χ0n) is 16.2. The first-order valence-electron chi connectivity index (χ1n) is 9.39. The van der Waals surface area contributed by atoms with Crippen molar-refractivity contribution in [2.24, 2.45) is 0 Å². The Hall–Kier alpha value is -4.34. The molecular weight excluding hydrogens is 404 g/mol. The van der Waals surface area contributed by atoms with Gasteiger partial charge in [-0.25, -0.2) is 0 Å². The number of amides is 2. The first-order valence-corrected chi connectivity index (χ1v) is 9.39. The van der Waals surface area contributed by atoms with Crippen LogP contribution in [-0.4, -0.2) is 22.0 Å². The van der Waals surface area contributed by atoms with Crippen LogP contribution in [0.15, 0.2) is 74.2 Å². The predicted molar refractivity (Wildman–Crippen MR) is 105 cm³/mol. The summed E-state index contributed by atoms with van der Waals surface area (Å²) in [6, 6.07) is 15.8. The fourth-order valence-electron chi connectivity index (χ4n) is 2.58. The molecule has 10 nitrogen and oxygen atoms in total. The first-order chi connectivity index (χ1) is 15.2. The van der Waals surface area contributed by atoms with E-state index >= 15 is 0 Å². The molecule has 4 aromatic rings. The quantitative estimate of drug-likeness (QED) is 0.414. The van der Waals surface area contributed by atoms with Crippen molar-refractivity contribution >= 4 is 11.8 Å². The molecule has 0 aliphatic carbocycles. The standard InChI is InChI=1S/C21H18N4O6/c26-18(10-11-19-22-20(25-31-19)16-7-4-12-28-16)23-24-21(27)17-9-8-15(30-17)13-29-14-5-2-1-3-6-14/h1-9,12H,10-11,13H2,(H,23,26)(H,24,27). The smallest absolute Gasteiger partial charge is 0.305 e. The van der Waals surface area contributed by atoms with E-state index in [1.807, 2.05) is 30.3 Å². The van der Waals surface area contributed by atoms with Gasteiger partial charge < -0.3 is 18.1 Å². The van der Waals surface area contributed by atoms with Crippen molar-refractivity contribution < 1.29 is 27.7 Å². The van der Waals surface area contributed by atoms with Gasteiger partial charge in [-0.05, 0) is 36.4 Å². The van der Waals surface area contributed by atoms with Crippen LogP contribution in [0.25, 0.3) is 11.6 Å². The van der Waals surface area contributed by atoms with Crippen LogP contribution in [0, 0.1) is 0 Å². The van der Waals surface area contributed by atoms with Crippen LogP contribution in [-0.2, 0) is 17.8 Å². The van der Waals surface area contributed by atoms with E-state index in [1.165, 1.54) is 12.3 Å². The highest BCUT2D eigenvalue weighted by Gasteiger charge is 2.15. The highest BCUT2D eigenvalue weighted by atomic mass is 16.5. The van der Waals surface area contributed by atoms with Crippen molar-refractivity contribution in [1.29, 1.82) is 0 Å². The predicted octanol–water partition coefficient (Wildman–Crippen LogP) is 2.90. The van der Waals surface area contributed by atoms with Crippen molar-refractivity contribution in [3.05, 3.63) is 78.3 Å². The molecule has 0 aliphatic rings. The molecule has 158 valence electrons. The summed E-state index contributed by atoms with van der Waals surface area (Å²) in [6.45, 7) is 0.174. The summed E-state index contributed by atoms with van der Waals surface area (Å²) in [6.07, 6.45) is 1.74. The Kier molecular flexibility index (Phi) is 6.08. The van der Waals surface area contributed by atoms with E-state index in [0.717, 1.165) is 0 Å². The molecule has 3 aromatic heterocycles. The number of aryl methyl sites for hydroxylation is 1. The van der Waals surface area contributed by atoms with Crippen LogP contribution in [0.4, 0.5) is 0 Å². The molecule has 0 atom stereocenters. The Labute approximate surface area is 176 Å². The number of furan rings is 2. The molecule has 0 bridgehead atoms. The third kappa shape index (κ3) is 5.38. The Balaban J connectivity index is 1.20. The zero-order valence-corrected chi connectivity index (χ0v) is 16.2. The second-order valence-corrected chi connectivity index (χ2v) is 6.36. The zero-order chi connectivity index (χ0) is 21.5. The molecule has 2 amide bonds. The minimum absolute atomic E-state index is 0.0361. The summed E-state index contributed by atoms with van der Waals surface area (Å²) in [5.41, 5.74) is 4.61. The number of nitrogens with zero attached hydrogens (tertiary/aromatic N) is 2. The monoisotopic (exact) mass is 422 g/mol. The highest BCUT2D eigenvalue weighted by Crippen LogP contribution is 2.16. The molecule has 3 heterocycles. The number of benzene rings is 1. The number of carbonyl (C=O) groups is 2. The minimum atomic E-state index is -0.586. The van der Waals surface area contributed by atoms with Gasteiger partial charge >= 0.3 is 5.91 Å². The third-order valence-corrected chi connectivity index (χ3v) is 4.10. The lowest BCUT2D eigenvalue weighted by molar-refractivity contribution is -0.121. The van der Waals surface area contributed by atoms with Crippen LogP contribution >= 0.6 is 0 Å². The van der Waals surface area contributed by atoms with E-state index in [4.69, 9.17) is 18.1 Å². The Bertz CT molecular complexity index is 1130. The Morgan fingerprint density at radius 2 is 1.87 bits per heavy atom. The van der Waals surface area contributed by atoms with Crippen LogP contribution < -0.4 is 15.6 Å². The molecule has 4 rings (SSSR count). The van der Waals surface area contributed by atoms with Gasteiger partial charge in [-0.2, -0.15) is 4.98 Å². The lowest BCUT2D eigenvalue weighted by Crippen LogP contribution is -2.41. The van der Waals surface area contributed by atoms with Gasteiger partial charge in [0.2, 0.25) is 17.6 Å². The third-order valence-electron chi connectivity index (χ3n) is 4.10. The van der Waals surface area contributed by atoms with Gasteiger partial charge in [0.25, 0.3) is 0 Å².